The van der Waals surface area contributed by atoms with Crippen LogP contribution in [0.1, 0.15) is 19.5 Å². The summed E-state index contributed by atoms with van der Waals surface area (Å²) in [7, 11) is 0. The van der Waals surface area contributed by atoms with Gasteiger partial charge >= 0.3 is 5.97 Å². The fourth-order valence-corrected chi connectivity index (χ4v) is 2.26. The van der Waals surface area contributed by atoms with Gasteiger partial charge in [-0.15, -0.1) is 11.8 Å². The lowest BCUT2D eigenvalue weighted by Crippen LogP contribution is -2.22. The van der Waals surface area contributed by atoms with Crippen LogP contribution in [0, 0.1) is 5.92 Å². The molecule has 0 bridgehead atoms. The first-order chi connectivity index (χ1) is 7.50. The molecule has 0 saturated carbocycles. The minimum absolute atomic E-state index is 0.0859. The molecule has 0 aliphatic rings. The number of thioether (sulfide) groups is 1. The molecular formula is C10H13ClN2O2S. The van der Waals surface area contributed by atoms with Gasteiger partial charge in [-0.25, -0.2) is 4.98 Å². The third-order valence-corrected chi connectivity index (χ3v) is 3.70. The number of aliphatic carboxylic acids is 1. The van der Waals surface area contributed by atoms with Crippen LogP contribution in [-0.4, -0.2) is 26.3 Å². The van der Waals surface area contributed by atoms with Gasteiger partial charge < -0.3 is 5.11 Å². The Bertz CT molecular complexity index is 356. The van der Waals surface area contributed by atoms with Crippen molar-refractivity contribution in [3.8, 4) is 0 Å². The van der Waals surface area contributed by atoms with E-state index in [2.05, 4.69) is 9.97 Å². The quantitative estimate of drug-likeness (QED) is 0.881. The molecule has 1 N–H and O–H groups in total. The van der Waals surface area contributed by atoms with Gasteiger partial charge in [0.1, 0.15) is 10.4 Å². The Labute approximate surface area is 103 Å². The van der Waals surface area contributed by atoms with Gasteiger partial charge in [-0.1, -0.05) is 25.4 Å². The van der Waals surface area contributed by atoms with E-state index >= 15 is 0 Å². The predicted molar refractivity (Wildman–Crippen MR) is 64.6 cm³/mol. The average molecular weight is 261 g/mol. The second-order valence-electron chi connectivity index (χ2n) is 3.64. The Kier molecular flexibility index (Phi) is 5.02. The molecule has 1 aromatic rings. The Morgan fingerprint density at radius 1 is 1.50 bits per heavy atom. The van der Waals surface area contributed by atoms with Gasteiger partial charge in [-0.3, -0.25) is 9.78 Å². The van der Waals surface area contributed by atoms with Crippen molar-refractivity contribution in [1.82, 2.24) is 9.97 Å². The predicted octanol–water partition coefficient (Wildman–Crippen LogP) is 2.47. The van der Waals surface area contributed by atoms with E-state index < -0.39 is 11.2 Å². The number of hydrogen-bond acceptors (Lipinski definition) is 4. The third kappa shape index (κ3) is 3.98. The number of carboxylic acids is 1. The van der Waals surface area contributed by atoms with Gasteiger partial charge in [0.25, 0.3) is 0 Å². The van der Waals surface area contributed by atoms with E-state index in [9.17, 15) is 4.79 Å². The first-order valence-corrected chi connectivity index (χ1v) is 6.24. The Morgan fingerprint density at radius 3 is 2.62 bits per heavy atom. The summed E-state index contributed by atoms with van der Waals surface area (Å²) in [5.74, 6) is -0.177. The fraction of sp³-hybridized carbons (Fsp3) is 0.500. The topological polar surface area (TPSA) is 63.1 Å². The lowest BCUT2D eigenvalue weighted by Gasteiger charge is -2.14. The normalized spacial score (nSPS) is 12.8. The van der Waals surface area contributed by atoms with E-state index in [4.69, 9.17) is 16.7 Å². The number of carboxylic acid groups (broad SMARTS) is 1. The maximum atomic E-state index is 10.9. The number of nitrogens with zero attached hydrogens (tertiary/aromatic N) is 2. The van der Waals surface area contributed by atoms with Crippen molar-refractivity contribution in [2.75, 3.05) is 0 Å². The molecule has 0 spiro atoms. The summed E-state index contributed by atoms with van der Waals surface area (Å²) in [4.78, 5) is 18.9. The van der Waals surface area contributed by atoms with Crippen molar-refractivity contribution < 1.29 is 9.90 Å². The third-order valence-electron chi connectivity index (χ3n) is 1.93. The van der Waals surface area contributed by atoms with Crippen molar-refractivity contribution in [2.45, 2.75) is 24.9 Å². The molecule has 6 heteroatoms. The Morgan fingerprint density at radius 2 is 2.19 bits per heavy atom. The van der Waals surface area contributed by atoms with Crippen LogP contribution in [0.5, 0.6) is 0 Å². The zero-order valence-electron chi connectivity index (χ0n) is 9.05. The van der Waals surface area contributed by atoms with E-state index in [-0.39, 0.29) is 5.92 Å². The van der Waals surface area contributed by atoms with Crippen molar-refractivity contribution in [2.24, 2.45) is 5.92 Å². The molecule has 1 aromatic heterocycles. The van der Waals surface area contributed by atoms with Crippen LogP contribution in [0.15, 0.2) is 12.4 Å². The molecule has 0 fully saturated rings. The minimum atomic E-state index is -0.790. The molecule has 16 heavy (non-hydrogen) atoms. The maximum absolute atomic E-state index is 10.9. The zero-order chi connectivity index (χ0) is 12.1. The van der Waals surface area contributed by atoms with Gasteiger partial charge in [0.2, 0.25) is 0 Å². The van der Waals surface area contributed by atoms with Crippen LogP contribution in [0.4, 0.5) is 0 Å². The minimum Gasteiger partial charge on any atom is -0.480 e. The molecule has 88 valence electrons. The largest absolute Gasteiger partial charge is 0.480 e. The van der Waals surface area contributed by atoms with Crippen molar-refractivity contribution in [1.29, 1.82) is 0 Å². The molecule has 0 aromatic carbocycles. The van der Waals surface area contributed by atoms with Gasteiger partial charge in [0.15, 0.2) is 0 Å². The highest BCUT2D eigenvalue weighted by Gasteiger charge is 2.21. The van der Waals surface area contributed by atoms with Crippen LogP contribution >= 0.6 is 23.4 Å². The Balaban J connectivity index is 2.55. The monoisotopic (exact) mass is 260 g/mol. The first-order valence-electron chi connectivity index (χ1n) is 4.81. The number of halogens is 1. The summed E-state index contributed by atoms with van der Waals surface area (Å²) in [5.41, 5.74) is 0.737. The van der Waals surface area contributed by atoms with Crippen molar-refractivity contribution in [3.63, 3.8) is 0 Å². The molecule has 4 nitrogen and oxygen atoms in total. The second-order valence-corrected chi connectivity index (χ2v) is 5.16. The highest BCUT2D eigenvalue weighted by molar-refractivity contribution is 7.99. The van der Waals surface area contributed by atoms with Crippen LogP contribution in [-0.2, 0) is 10.5 Å². The molecule has 0 saturated heterocycles. The maximum Gasteiger partial charge on any atom is 0.316 e. The lowest BCUT2D eigenvalue weighted by molar-refractivity contribution is -0.137. The van der Waals surface area contributed by atoms with Gasteiger partial charge in [0.05, 0.1) is 18.1 Å². The van der Waals surface area contributed by atoms with E-state index in [1.807, 2.05) is 13.8 Å². The summed E-state index contributed by atoms with van der Waals surface area (Å²) >= 11 is 6.95. The SMILES string of the molecule is CC(C)C(SCc1cnc(Cl)cn1)C(=O)O. The van der Waals surface area contributed by atoms with E-state index in [0.717, 1.165) is 5.69 Å². The lowest BCUT2D eigenvalue weighted by atomic mass is 10.1. The van der Waals surface area contributed by atoms with Crippen LogP contribution in [0.25, 0.3) is 0 Å². The van der Waals surface area contributed by atoms with Gasteiger partial charge in [0, 0.05) is 5.75 Å². The molecule has 1 heterocycles. The fourth-order valence-electron chi connectivity index (χ4n) is 1.14. The summed E-state index contributed by atoms with van der Waals surface area (Å²) in [6, 6.07) is 0. The van der Waals surface area contributed by atoms with Crippen molar-refractivity contribution in [3.05, 3.63) is 23.2 Å². The highest BCUT2D eigenvalue weighted by atomic mass is 35.5. The van der Waals surface area contributed by atoms with Gasteiger partial charge in [-0.2, -0.15) is 0 Å². The standard InChI is InChI=1S/C10H13ClN2O2S/c1-6(2)9(10(14)15)16-5-7-3-13-8(11)4-12-7/h3-4,6,9H,5H2,1-2H3,(H,14,15). The molecule has 1 atom stereocenters. The van der Waals surface area contributed by atoms with Crippen LogP contribution < -0.4 is 0 Å². The molecule has 0 amide bonds. The summed E-state index contributed by atoms with van der Waals surface area (Å²) in [5, 5.41) is 8.91. The van der Waals surface area contributed by atoms with Crippen molar-refractivity contribution >= 4 is 29.3 Å². The van der Waals surface area contributed by atoms with Crippen LogP contribution in [0.2, 0.25) is 5.15 Å². The van der Waals surface area contributed by atoms with Crippen LogP contribution in [0.3, 0.4) is 0 Å². The molecule has 0 aliphatic carbocycles. The Hall–Kier alpha value is -0.810. The summed E-state index contributed by atoms with van der Waals surface area (Å²) in [6.45, 7) is 3.78. The first kappa shape index (κ1) is 13.3. The number of aromatic nitrogens is 2. The summed E-state index contributed by atoms with van der Waals surface area (Å²) in [6.07, 6.45) is 3.02. The number of hydrogen-bond donors (Lipinski definition) is 1. The molecule has 0 aliphatic heterocycles. The number of rotatable bonds is 5. The zero-order valence-corrected chi connectivity index (χ0v) is 10.6. The molecule has 1 rings (SSSR count). The van der Waals surface area contributed by atoms with E-state index in [1.54, 1.807) is 6.20 Å². The second kappa shape index (κ2) is 6.06. The average Bonchev–Trinajstić information content (AvgIpc) is 2.20. The van der Waals surface area contributed by atoms with Gasteiger partial charge in [-0.05, 0) is 5.92 Å². The summed E-state index contributed by atoms with van der Waals surface area (Å²) < 4.78 is 0. The van der Waals surface area contributed by atoms with E-state index in [1.165, 1.54) is 18.0 Å². The molecule has 1 unspecified atom stereocenters. The molecule has 0 radical (unpaired) electrons. The highest BCUT2D eigenvalue weighted by Crippen LogP contribution is 2.23. The smallest absolute Gasteiger partial charge is 0.316 e. The van der Waals surface area contributed by atoms with E-state index in [0.29, 0.717) is 10.9 Å². The molecular weight excluding hydrogens is 248 g/mol. The number of carbonyl (C=O) groups is 1.